The molecule has 1 unspecified atom stereocenters. The van der Waals surface area contributed by atoms with E-state index in [0.29, 0.717) is 17.4 Å². The smallest absolute Gasteiger partial charge is 0.287 e. The molecule has 0 bridgehead atoms. The molecule has 27 heavy (non-hydrogen) atoms. The summed E-state index contributed by atoms with van der Waals surface area (Å²) >= 11 is 0. The number of amides is 1. The van der Waals surface area contributed by atoms with E-state index in [-0.39, 0.29) is 18.0 Å². The highest BCUT2D eigenvalue weighted by molar-refractivity contribution is 5.88. The van der Waals surface area contributed by atoms with Gasteiger partial charge in [-0.25, -0.2) is 5.01 Å². The van der Waals surface area contributed by atoms with E-state index in [1.807, 2.05) is 25.1 Å². The second-order valence-corrected chi connectivity index (χ2v) is 7.86. The lowest BCUT2D eigenvalue weighted by molar-refractivity contribution is -0.191. The van der Waals surface area contributed by atoms with E-state index in [2.05, 4.69) is 5.43 Å². The van der Waals surface area contributed by atoms with Crippen LogP contribution in [0.1, 0.15) is 50.8 Å². The first-order valence-corrected chi connectivity index (χ1v) is 9.30. The number of nitrogens with zero attached hydrogens (tertiary/aromatic N) is 1. The van der Waals surface area contributed by atoms with Gasteiger partial charge in [0.05, 0.1) is 5.41 Å². The molecule has 2 aromatic rings. The van der Waals surface area contributed by atoms with Gasteiger partial charge >= 0.3 is 6.18 Å². The normalized spacial score (nSPS) is 18.7. The van der Waals surface area contributed by atoms with E-state index in [4.69, 9.17) is 0 Å². The molecule has 0 radical (unpaired) electrons. The largest absolute Gasteiger partial charge is 0.409 e. The molecule has 6 heteroatoms. The molecule has 1 amide bonds. The fourth-order valence-corrected chi connectivity index (χ4v) is 3.72. The topological polar surface area (TPSA) is 32.3 Å². The summed E-state index contributed by atoms with van der Waals surface area (Å²) in [4.78, 5) is 12.2. The SMILES string of the molecule is CCCCc1ccc2ccccc2c1C(N1CC(C)(C)C(=O)N1)C(F)(F)F. The maximum atomic E-state index is 14.3. The molecular weight excluding hydrogens is 353 g/mol. The number of hydrogen-bond acceptors (Lipinski definition) is 2. The zero-order chi connectivity index (χ0) is 19.8. The number of carbonyl (C=O) groups excluding carboxylic acids is 1. The van der Waals surface area contributed by atoms with Gasteiger partial charge in [0.1, 0.15) is 0 Å². The number of aryl methyl sites for hydroxylation is 1. The number of fused-ring (bicyclic) bond motifs is 1. The molecule has 1 heterocycles. The van der Waals surface area contributed by atoms with Gasteiger partial charge in [0.25, 0.3) is 0 Å². The summed E-state index contributed by atoms with van der Waals surface area (Å²) in [5, 5.41) is 2.43. The maximum Gasteiger partial charge on any atom is 0.409 e. The Morgan fingerprint density at radius 1 is 1.19 bits per heavy atom. The molecule has 3 nitrogen and oxygen atoms in total. The molecule has 0 aromatic heterocycles. The van der Waals surface area contributed by atoms with Crippen LogP contribution in [0.15, 0.2) is 36.4 Å². The first-order valence-electron chi connectivity index (χ1n) is 9.30. The second kappa shape index (κ2) is 7.15. The summed E-state index contributed by atoms with van der Waals surface area (Å²) in [7, 11) is 0. The number of unbranched alkanes of at least 4 members (excludes halogenated alkanes) is 1. The molecule has 0 spiro atoms. The zero-order valence-electron chi connectivity index (χ0n) is 15.9. The van der Waals surface area contributed by atoms with Crippen LogP contribution in [0.2, 0.25) is 0 Å². The number of benzene rings is 2. The lowest BCUT2D eigenvalue weighted by Gasteiger charge is -2.32. The predicted molar refractivity (Wildman–Crippen MR) is 100.0 cm³/mol. The van der Waals surface area contributed by atoms with Gasteiger partial charge in [-0.2, -0.15) is 13.2 Å². The molecule has 1 saturated heterocycles. The van der Waals surface area contributed by atoms with Crippen molar-refractivity contribution < 1.29 is 18.0 Å². The Bertz CT molecular complexity index is 845. The minimum Gasteiger partial charge on any atom is -0.287 e. The van der Waals surface area contributed by atoms with Crippen molar-refractivity contribution in [3.63, 3.8) is 0 Å². The van der Waals surface area contributed by atoms with Crippen molar-refractivity contribution in [1.82, 2.24) is 10.4 Å². The first-order chi connectivity index (χ1) is 12.6. The zero-order valence-corrected chi connectivity index (χ0v) is 15.9. The van der Waals surface area contributed by atoms with Crippen LogP contribution < -0.4 is 5.43 Å². The number of hydrazine groups is 1. The van der Waals surface area contributed by atoms with Crippen LogP contribution in [-0.2, 0) is 11.2 Å². The summed E-state index contributed by atoms with van der Waals surface area (Å²) in [5.74, 6) is -0.382. The Kier molecular flexibility index (Phi) is 5.21. The van der Waals surface area contributed by atoms with Crippen LogP contribution in [0, 0.1) is 5.41 Å². The van der Waals surface area contributed by atoms with Crippen LogP contribution >= 0.6 is 0 Å². The van der Waals surface area contributed by atoms with Crippen LogP contribution in [0.4, 0.5) is 13.2 Å². The van der Waals surface area contributed by atoms with E-state index >= 15 is 0 Å². The number of alkyl halides is 3. The second-order valence-electron chi connectivity index (χ2n) is 7.86. The van der Waals surface area contributed by atoms with Crippen molar-refractivity contribution >= 4 is 16.7 Å². The fourth-order valence-electron chi connectivity index (χ4n) is 3.72. The Morgan fingerprint density at radius 3 is 2.48 bits per heavy atom. The molecular formula is C21H25F3N2O. The Balaban J connectivity index is 2.19. The summed E-state index contributed by atoms with van der Waals surface area (Å²) in [6, 6.07) is 8.95. The molecule has 1 fully saturated rings. The Labute approximate surface area is 157 Å². The predicted octanol–water partition coefficient (Wildman–Crippen LogP) is 5.16. The average molecular weight is 378 g/mol. The third kappa shape index (κ3) is 3.81. The van der Waals surface area contributed by atoms with E-state index in [1.165, 1.54) is 0 Å². The molecule has 1 N–H and O–H groups in total. The Hall–Kier alpha value is -2.08. The van der Waals surface area contributed by atoms with Gasteiger partial charge in [-0.05, 0) is 48.6 Å². The molecule has 146 valence electrons. The van der Waals surface area contributed by atoms with Crippen molar-refractivity contribution in [2.75, 3.05) is 6.54 Å². The van der Waals surface area contributed by atoms with Gasteiger partial charge in [0, 0.05) is 6.54 Å². The minimum absolute atomic E-state index is 0.00640. The van der Waals surface area contributed by atoms with Crippen molar-refractivity contribution in [1.29, 1.82) is 0 Å². The standard InChI is InChI=1S/C21H25F3N2O/c1-4-5-8-15-12-11-14-9-6-7-10-16(14)17(15)18(21(22,23)24)26-13-20(2,3)19(27)25-26/h6-7,9-12,18H,4-5,8,13H2,1-3H3,(H,25,27). The van der Waals surface area contributed by atoms with Crippen LogP contribution in [0.25, 0.3) is 10.8 Å². The quantitative estimate of drug-likeness (QED) is 0.780. The molecule has 1 aliphatic heterocycles. The summed E-state index contributed by atoms with van der Waals surface area (Å²) in [6.45, 7) is 5.35. The van der Waals surface area contributed by atoms with Gasteiger partial charge in [0.2, 0.25) is 5.91 Å². The lowest BCUT2D eigenvalue weighted by Crippen LogP contribution is -2.44. The first kappa shape index (κ1) is 19.7. The maximum absolute atomic E-state index is 14.3. The number of carbonyl (C=O) groups is 1. The highest BCUT2D eigenvalue weighted by Gasteiger charge is 2.52. The highest BCUT2D eigenvalue weighted by atomic mass is 19.4. The number of halogens is 3. The third-order valence-corrected chi connectivity index (χ3v) is 5.18. The summed E-state index contributed by atoms with van der Waals surface area (Å²) < 4.78 is 42.8. The van der Waals surface area contributed by atoms with Crippen molar-refractivity contribution in [3.05, 3.63) is 47.5 Å². The number of nitrogens with one attached hydrogen (secondary N) is 1. The minimum atomic E-state index is -4.52. The van der Waals surface area contributed by atoms with E-state index < -0.39 is 17.6 Å². The summed E-state index contributed by atoms with van der Waals surface area (Å²) in [5.41, 5.74) is 2.56. The molecule has 1 aliphatic rings. The third-order valence-electron chi connectivity index (χ3n) is 5.18. The van der Waals surface area contributed by atoms with Gasteiger partial charge < -0.3 is 0 Å². The van der Waals surface area contributed by atoms with Gasteiger partial charge in [-0.1, -0.05) is 49.7 Å². The van der Waals surface area contributed by atoms with E-state index in [1.54, 1.807) is 32.0 Å². The molecule has 1 atom stereocenters. The fraction of sp³-hybridized carbons (Fsp3) is 0.476. The Morgan fingerprint density at radius 2 is 1.89 bits per heavy atom. The summed E-state index contributed by atoms with van der Waals surface area (Å²) in [6.07, 6.45) is -2.22. The van der Waals surface area contributed by atoms with Crippen LogP contribution in [0.3, 0.4) is 0 Å². The van der Waals surface area contributed by atoms with Gasteiger partial charge in [0.15, 0.2) is 6.04 Å². The molecule has 2 aromatic carbocycles. The average Bonchev–Trinajstić information content (AvgIpc) is 2.85. The number of rotatable bonds is 5. The van der Waals surface area contributed by atoms with Crippen LogP contribution in [0.5, 0.6) is 0 Å². The van der Waals surface area contributed by atoms with Crippen molar-refractivity contribution in [2.45, 2.75) is 52.3 Å². The molecule has 0 aliphatic carbocycles. The van der Waals surface area contributed by atoms with E-state index in [0.717, 1.165) is 23.2 Å². The van der Waals surface area contributed by atoms with Crippen LogP contribution in [-0.4, -0.2) is 23.6 Å². The highest BCUT2D eigenvalue weighted by Crippen LogP contribution is 2.44. The monoisotopic (exact) mass is 378 g/mol. The van der Waals surface area contributed by atoms with Crippen molar-refractivity contribution in [3.8, 4) is 0 Å². The van der Waals surface area contributed by atoms with Gasteiger partial charge in [-0.3, -0.25) is 10.2 Å². The van der Waals surface area contributed by atoms with Gasteiger partial charge in [-0.15, -0.1) is 0 Å². The van der Waals surface area contributed by atoms with Crippen molar-refractivity contribution in [2.24, 2.45) is 5.41 Å². The van der Waals surface area contributed by atoms with E-state index in [9.17, 15) is 18.0 Å². The number of hydrogen-bond donors (Lipinski definition) is 1. The molecule has 0 saturated carbocycles. The lowest BCUT2D eigenvalue weighted by atomic mass is 9.89. The molecule has 3 rings (SSSR count).